The molecule has 1 amide bonds. The molecule has 3 aromatic rings. The number of rotatable bonds is 2. The molecule has 0 saturated carbocycles. The van der Waals surface area contributed by atoms with Gasteiger partial charge in [-0.2, -0.15) is 0 Å². The van der Waals surface area contributed by atoms with Crippen LogP contribution in [0.3, 0.4) is 0 Å². The van der Waals surface area contributed by atoms with Gasteiger partial charge in [0, 0.05) is 17.3 Å². The van der Waals surface area contributed by atoms with Crippen LogP contribution in [0.15, 0.2) is 59.2 Å². The van der Waals surface area contributed by atoms with Crippen LogP contribution in [0.1, 0.15) is 16.9 Å². The normalized spacial score (nSPS) is 21.5. The number of ether oxygens (including phenoxy) is 3. The van der Waals surface area contributed by atoms with E-state index in [-0.39, 0.29) is 19.3 Å². The summed E-state index contributed by atoms with van der Waals surface area (Å²) in [4.78, 5) is 15.5. The van der Waals surface area contributed by atoms with Gasteiger partial charge in [0.1, 0.15) is 23.5 Å². The molecular formula is C21H15NO5. The Morgan fingerprint density at radius 1 is 0.926 bits per heavy atom. The van der Waals surface area contributed by atoms with Crippen molar-refractivity contribution in [1.82, 2.24) is 0 Å². The van der Waals surface area contributed by atoms with Crippen LogP contribution >= 0.6 is 0 Å². The molecule has 6 rings (SSSR count). The summed E-state index contributed by atoms with van der Waals surface area (Å²) < 4.78 is 22.4. The third kappa shape index (κ3) is 1.82. The van der Waals surface area contributed by atoms with Gasteiger partial charge in [0.05, 0.1) is 12.8 Å². The van der Waals surface area contributed by atoms with Gasteiger partial charge in [0.15, 0.2) is 11.5 Å². The second-order valence-corrected chi connectivity index (χ2v) is 6.88. The fourth-order valence-corrected chi connectivity index (χ4v) is 4.28. The lowest BCUT2D eigenvalue weighted by Crippen LogP contribution is -2.42. The molecule has 4 heterocycles. The van der Waals surface area contributed by atoms with Crippen LogP contribution in [-0.2, 0) is 16.8 Å². The number of para-hydroxylation sites is 1. The first kappa shape index (κ1) is 14.7. The van der Waals surface area contributed by atoms with Crippen molar-refractivity contribution in [3.05, 3.63) is 71.7 Å². The van der Waals surface area contributed by atoms with Crippen molar-refractivity contribution in [2.24, 2.45) is 0 Å². The van der Waals surface area contributed by atoms with Crippen molar-refractivity contribution in [3.8, 4) is 17.2 Å². The number of nitrogens with zero attached hydrogens (tertiary/aromatic N) is 1. The number of carbonyl (C=O) groups excluding carboxylic acids is 1. The molecule has 0 radical (unpaired) electrons. The average Bonchev–Trinajstić information content (AvgIpc) is 3.46. The van der Waals surface area contributed by atoms with E-state index in [4.69, 9.17) is 18.6 Å². The van der Waals surface area contributed by atoms with Crippen LogP contribution in [0.2, 0.25) is 0 Å². The standard InChI is InChI=1S/C21H15NO5/c23-20-21(11-25-17-9-19-18(8-15(17)21)26-12-27-19)14-5-1-2-6-16(14)22(20)10-13-4-3-7-24-13/h1-9H,10-12H2. The predicted molar refractivity (Wildman–Crippen MR) is 95.2 cm³/mol. The fraction of sp³-hybridized carbons (Fsp3) is 0.190. The lowest BCUT2D eigenvalue weighted by molar-refractivity contribution is -0.122. The zero-order chi connectivity index (χ0) is 18.0. The number of benzene rings is 2. The molecule has 3 aliphatic rings. The Balaban J connectivity index is 1.54. The van der Waals surface area contributed by atoms with Crippen LogP contribution in [0.4, 0.5) is 5.69 Å². The lowest BCUT2D eigenvalue weighted by atomic mass is 9.77. The highest BCUT2D eigenvalue weighted by molar-refractivity contribution is 6.11. The molecule has 6 heteroatoms. The van der Waals surface area contributed by atoms with E-state index in [9.17, 15) is 4.79 Å². The van der Waals surface area contributed by atoms with Crippen LogP contribution in [0, 0.1) is 0 Å². The van der Waals surface area contributed by atoms with E-state index < -0.39 is 5.41 Å². The summed E-state index contributed by atoms with van der Waals surface area (Å²) >= 11 is 0. The molecule has 6 nitrogen and oxygen atoms in total. The molecule has 134 valence electrons. The number of amides is 1. The highest BCUT2D eigenvalue weighted by Crippen LogP contribution is 2.55. The van der Waals surface area contributed by atoms with Gasteiger partial charge in [-0.05, 0) is 29.8 Å². The highest BCUT2D eigenvalue weighted by atomic mass is 16.7. The third-order valence-electron chi connectivity index (χ3n) is 5.54. The predicted octanol–water partition coefficient (Wildman–Crippen LogP) is 3.23. The summed E-state index contributed by atoms with van der Waals surface area (Å²) in [5.74, 6) is 2.69. The molecule has 0 bridgehead atoms. The number of anilines is 1. The zero-order valence-electron chi connectivity index (χ0n) is 14.3. The molecule has 3 aliphatic heterocycles. The van der Waals surface area contributed by atoms with Crippen LogP contribution in [-0.4, -0.2) is 19.3 Å². The van der Waals surface area contributed by atoms with E-state index in [1.807, 2.05) is 48.5 Å². The van der Waals surface area contributed by atoms with Crippen molar-refractivity contribution in [1.29, 1.82) is 0 Å². The van der Waals surface area contributed by atoms with Crippen LogP contribution < -0.4 is 19.1 Å². The largest absolute Gasteiger partial charge is 0.491 e. The van der Waals surface area contributed by atoms with Gasteiger partial charge in [0.25, 0.3) is 0 Å². The summed E-state index contributed by atoms with van der Waals surface area (Å²) in [5, 5.41) is 0. The number of fused-ring (bicyclic) bond motifs is 5. The van der Waals surface area contributed by atoms with Gasteiger partial charge in [-0.25, -0.2) is 0 Å². The Bertz CT molecular complexity index is 1070. The Kier molecular flexibility index (Phi) is 2.76. The quantitative estimate of drug-likeness (QED) is 0.701. The minimum atomic E-state index is -0.875. The maximum absolute atomic E-state index is 13.7. The Morgan fingerprint density at radius 2 is 1.78 bits per heavy atom. The lowest BCUT2D eigenvalue weighted by Gasteiger charge is -2.22. The number of hydrogen-bond acceptors (Lipinski definition) is 5. The number of carbonyl (C=O) groups is 1. The molecule has 1 atom stereocenters. The molecule has 0 aliphatic carbocycles. The van der Waals surface area contributed by atoms with E-state index in [0.717, 1.165) is 22.6 Å². The van der Waals surface area contributed by atoms with Gasteiger partial charge >= 0.3 is 0 Å². The van der Waals surface area contributed by atoms with E-state index in [1.54, 1.807) is 11.2 Å². The summed E-state index contributed by atoms with van der Waals surface area (Å²) in [7, 11) is 0. The first-order valence-electron chi connectivity index (χ1n) is 8.78. The topological polar surface area (TPSA) is 61.1 Å². The Morgan fingerprint density at radius 3 is 2.63 bits per heavy atom. The van der Waals surface area contributed by atoms with E-state index in [2.05, 4.69) is 0 Å². The second kappa shape index (κ2) is 5.07. The SMILES string of the molecule is O=C1N(Cc2ccco2)c2ccccc2C12COc1cc3c(cc12)OCO3. The zero-order valence-corrected chi connectivity index (χ0v) is 14.3. The maximum atomic E-state index is 13.7. The molecule has 1 spiro atoms. The van der Waals surface area contributed by atoms with Crippen molar-refractivity contribution < 1.29 is 23.4 Å². The minimum absolute atomic E-state index is 0.0160. The summed E-state index contributed by atoms with van der Waals surface area (Å²) in [6.07, 6.45) is 1.62. The maximum Gasteiger partial charge on any atom is 0.246 e. The Hall–Kier alpha value is -3.41. The molecule has 0 saturated heterocycles. The van der Waals surface area contributed by atoms with Gasteiger partial charge < -0.3 is 23.5 Å². The van der Waals surface area contributed by atoms with Crippen molar-refractivity contribution in [3.63, 3.8) is 0 Å². The smallest absolute Gasteiger partial charge is 0.246 e. The van der Waals surface area contributed by atoms with E-state index in [1.165, 1.54) is 0 Å². The number of furan rings is 1. The first-order valence-corrected chi connectivity index (χ1v) is 8.78. The first-order chi connectivity index (χ1) is 13.3. The monoisotopic (exact) mass is 361 g/mol. The molecule has 1 unspecified atom stereocenters. The molecule has 0 fully saturated rings. The highest BCUT2D eigenvalue weighted by Gasteiger charge is 2.57. The molecule has 2 aromatic carbocycles. The second-order valence-electron chi connectivity index (χ2n) is 6.88. The van der Waals surface area contributed by atoms with E-state index in [0.29, 0.717) is 23.8 Å². The van der Waals surface area contributed by atoms with Crippen LogP contribution in [0.25, 0.3) is 0 Å². The minimum Gasteiger partial charge on any atom is -0.491 e. The number of hydrogen-bond donors (Lipinski definition) is 0. The molecule has 1 aromatic heterocycles. The van der Waals surface area contributed by atoms with Gasteiger partial charge in [0.2, 0.25) is 12.7 Å². The van der Waals surface area contributed by atoms with E-state index >= 15 is 0 Å². The van der Waals surface area contributed by atoms with Gasteiger partial charge in [-0.1, -0.05) is 18.2 Å². The summed E-state index contributed by atoms with van der Waals surface area (Å²) in [6, 6.07) is 15.3. The Labute approximate surface area is 154 Å². The molecule has 0 N–H and O–H groups in total. The van der Waals surface area contributed by atoms with Crippen LogP contribution in [0.5, 0.6) is 17.2 Å². The molecule has 27 heavy (non-hydrogen) atoms. The summed E-state index contributed by atoms with van der Waals surface area (Å²) in [6.45, 7) is 0.820. The molecular weight excluding hydrogens is 346 g/mol. The summed E-state index contributed by atoms with van der Waals surface area (Å²) in [5.41, 5.74) is 1.78. The fourth-order valence-electron chi connectivity index (χ4n) is 4.28. The van der Waals surface area contributed by atoms with Crippen molar-refractivity contribution in [2.75, 3.05) is 18.3 Å². The van der Waals surface area contributed by atoms with Gasteiger partial charge in [-0.3, -0.25) is 4.79 Å². The van der Waals surface area contributed by atoms with Gasteiger partial charge in [-0.15, -0.1) is 0 Å². The van der Waals surface area contributed by atoms with Crippen molar-refractivity contribution >= 4 is 11.6 Å². The third-order valence-corrected chi connectivity index (χ3v) is 5.54. The average molecular weight is 361 g/mol. The van der Waals surface area contributed by atoms with Crippen molar-refractivity contribution in [2.45, 2.75) is 12.0 Å².